The maximum Gasteiger partial charge on any atom is 0.138 e. The summed E-state index contributed by atoms with van der Waals surface area (Å²) in [6, 6.07) is 18.2. The number of hydrogen-bond acceptors (Lipinski definition) is 2. The summed E-state index contributed by atoms with van der Waals surface area (Å²) in [6.07, 6.45) is 1.99. The van der Waals surface area contributed by atoms with Crippen LogP contribution in [-0.2, 0) is 18.0 Å². The second-order valence-corrected chi connectivity index (χ2v) is 5.70. The summed E-state index contributed by atoms with van der Waals surface area (Å²) in [6.45, 7) is 5.08. The minimum atomic E-state index is 0.444. The van der Waals surface area contributed by atoms with Gasteiger partial charge in [0.25, 0.3) is 0 Å². The predicted molar refractivity (Wildman–Crippen MR) is 94.0 cm³/mol. The van der Waals surface area contributed by atoms with Crippen molar-refractivity contribution in [2.75, 3.05) is 0 Å². The molecule has 0 atom stereocenters. The van der Waals surface area contributed by atoms with E-state index in [-0.39, 0.29) is 0 Å². The normalized spacial score (nSPS) is 10.5. The first-order chi connectivity index (χ1) is 11.2. The van der Waals surface area contributed by atoms with E-state index in [1.54, 1.807) is 0 Å². The monoisotopic (exact) mass is 304 g/mol. The van der Waals surface area contributed by atoms with Gasteiger partial charge in [0.1, 0.15) is 18.0 Å². The van der Waals surface area contributed by atoms with Gasteiger partial charge in [0.15, 0.2) is 0 Å². The number of hydrogen-bond donors (Lipinski definition) is 0. The van der Waals surface area contributed by atoms with Crippen molar-refractivity contribution < 1.29 is 9.15 Å². The van der Waals surface area contributed by atoms with Gasteiger partial charge in [-0.15, -0.1) is 5.73 Å². The van der Waals surface area contributed by atoms with Crippen molar-refractivity contribution in [3.63, 3.8) is 0 Å². The first kappa shape index (κ1) is 15.4. The molecule has 2 heteroatoms. The Balaban J connectivity index is 1.84. The molecule has 116 valence electrons. The van der Waals surface area contributed by atoms with Crippen LogP contribution in [0.5, 0.6) is 0 Å². The van der Waals surface area contributed by atoms with E-state index < -0.39 is 0 Å². The van der Waals surface area contributed by atoms with Gasteiger partial charge < -0.3 is 9.15 Å². The van der Waals surface area contributed by atoms with Crippen molar-refractivity contribution in [1.82, 2.24) is 0 Å². The Kier molecular flexibility index (Phi) is 4.77. The van der Waals surface area contributed by atoms with E-state index in [9.17, 15) is 0 Å². The topological polar surface area (TPSA) is 22.4 Å². The third-order valence-corrected chi connectivity index (χ3v) is 3.56. The van der Waals surface area contributed by atoms with Gasteiger partial charge in [0.05, 0.1) is 6.61 Å². The molecular formula is C21H20O2. The molecule has 2 aromatic carbocycles. The Labute approximate surface area is 136 Å². The second-order valence-electron chi connectivity index (χ2n) is 5.70. The third kappa shape index (κ3) is 3.81. The molecule has 23 heavy (non-hydrogen) atoms. The lowest BCUT2D eigenvalue weighted by Gasteiger charge is -2.03. The second kappa shape index (κ2) is 7.15. The highest BCUT2D eigenvalue weighted by molar-refractivity contribution is 5.88. The summed E-state index contributed by atoms with van der Waals surface area (Å²) in [5, 5.41) is 1.10. The first-order valence-corrected chi connectivity index (χ1v) is 7.76. The maximum absolute atomic E-state index is 5.96. The molecule has 0 N–H and O–H groups in total. The molecule has 0 amide bonds. The zero-order valence-corrected chi connectivity index (χ0v) is 13.5. The predicted octanol–water partition coefficient (Wildman–Crippen LogP) is 5.73. The Hall–Kier alpha value is -2.54. The molecule has 1 aromatic heterocycles. The number of furan rings is 1. The number of para-hydroxylation sites is 1. The number of fused-ring (bicyclic) bond motifs is 1. The average molecular weight is 304 g/mol. The Morgan fingerprint density at radius 2 is 1.74 bits per heavy atom. The van der Waals surface area contributed by atoms with E-state index >= 15 is 0 Å². The van der Waals surface area contributed by atoms with Crippen LogP contribution in [0, 0.1) is 0 Å². The van der Waals surface area contributed by atoms with E-state index in [1.807, 2.05) is 56.3 Å². The highest BCUT2D eigenvalue weighted by Crippen LogP contribution is 2.27. The number of ether oxygens (including phenoxy) is 1. The van der Waals surface area contributed by atoms with E-state index in [0.29, 0.717) is 13.2 Å². The van der Waals surface area contributed by atoms with Crippen LogP contribution in [-0.4, -0.2) is 0 Å². The van der Waals surface area contributed by atoms with E-state index in [1.165, 1.54) is 0 Å². The maximum atomic E-state index is 5.96. The van der Waals surface area contributed by atoms with E-state index in [4.69, 9.17) is 9.15 Å². The molecule has 3 aromatic rings. The molecule has 0 saturated carbocycles. The standard InChI is InChI=1S/C21H20O2/c1-16(2)12-13-19-18-10-6-7-11-20(18)23-21(19)15-22-14-17-8-4-3-5-9-17/h3-11,13H,14-15H2,1-2H3. The Morgan fingerprint density at radius 3 is 2.52 bits per heavy atom. The Morgan fingerprint density at radius 1 is 1.00 bits per heavy atom. The summed E-state index contributed by atoms with van der Waals surface area (Å²) < 4.78 is 11.8. The van der Waals surface area contributed by atoms with Crippen molar-refractivity contribution in [2.24, 2.45) is 0 Å². The van der Waals surface area contributed by atoms with Crippen LogP contribution >= 0.6 is 0 Å². The quantitative estimate of drug-likeness (QED) is 0.562. The van der Waals surface area contributed by atoms with Gasteiger partial charge in [-0.25, -0.2) is 0 Å². The third-order valence-electron chi connectivity index (χ3n) is 3.56. The number of benzene rings is 2. The highest BCUT2D eigenvalue weighted by Gasteiger charge is 2.11. The molecule has 2 nitrogen and oxygen atoms in total. The molecule has 3 rings (SSSR count). The van der Waals surface area contributed by atoms with Crippen molar-refractivity contribution in [2.45, 2.75) is 27.1 Å². The lowest BCUT2D eigenvalue weighted by molar-refractivity contribution is 0.0939. The molecule has 0 radical (unpaired) electrons. The molecular weight excluding hydrogens is 284 g/mol. The minimum Gasteiger partial charge on any atom is -0.458 e. The van der Waals surface area contributed by atoms with Gasteiger partial charge in [0.2, 0.25) is 0 Å². The van der Waals surface area contributed by atoms with Crippen LogP contribution in [0.15, 0.2) is 70.3 Å². The van der Waals surface area contributed by atoms with E-state index in [0.717, 1.165) is 33.4 Å². The fourth-order valence-corrected chi connectivity index (χ4v) is 2.43. The van der Waals surface area contributed by atoms with Crippen molar-refractivity contribution in [3.8, 4) is 0 Å². The van der Waals surface area contributed by atoms with Crippen LogP contribution in [0.2, 0.25) is 0 Å². The van der Waals surface area contributed by atoms with Crippen LogP contribution in [0.1, 0.15) is 30.7 Å². The van der Waals surface area contributed by atoms with Crippen LogP contribution < -0.4 is 0 Å². The number of allylic oxidation sites excluding steroid dienone is 1. The first-order valence-electron chi connectivity index (χ1n) is 7.76. The molecule has 0 bridgehead atoms. The van der Waals surface area contributed by atoms with Crippen LogP contribution in [0.4, 0.5) is 0 Å². The number of rotatable bonds is 5. The summed E-state index contributed by atoms with van der Waals surface area (Å²) >= 11 is 0. The van der Waals surface area contributed by atoms with Crippen LogP contribution in [0.25, 0.3) is 17.0 Å². The summed E-state index contributed by atoms with van der Waals surface area (Å²) in [7, 11) is 0. The van der Waals surface area contributed by atoms with Gasteiger partial charge in [-0.05, 0) is 37.1 Å². The molecule has 0 saturated heterocycles. The van der Waals surface area contributed by atoms with Gasteiger partial charge in [-0.3, -0.25) is 0 Å². The van der Waals surface area contributed by atoms with Gasteiger partial charge in [0, 0.05) is 10.9 Å². The SMILES string of the molecule is CC(C)=C=Cc1c(COCc2ccccc2)oc2ccccc12. The van der Waals surface area contributed by atoms with Gasteiger partial charge in [-0.1, -0.05) is 48.5 Å². The van der Waals surface area contributed by atoms with E-state index in [2.05, 4.69) is 23.9 Å². The smallest absolute Gasteiger partial charge is 0.138 e. The fraction of sp³-hybridized carbons (Fsp3) is 0.190. The lowest BCUT2D eigenvalue weighted by Crippen LogP contribution is -1.94. The zero-order chi connectivity index (χ0) is 16.1. The van der Waals surface area contributed by atoms with Crippen LogP contribution in [0.3, 0.4) is 0 Å². The van der Waals surface area contributed by atoms with Gasteiger partial charge in [-0.2, -0.15) is 0 Å². The summed E-state index contributed by atoms with van der Waals surface area (Å²) in [5.74, 6) is 0.843. The molecule has 0 spiro atoms. The Bertz CT molecular complexity index is 846. The summed E-state index contributed by atoms with van der Waals surface area (Å²) in [4.78, 5) is 0. The molecule has 0 aliphatic carbocycles. The van der Waals surface area contributed by atoms with Crippen molar-refractivity contribution >= 4 is 17.0 Å². The molecule has 0 fully saturated rings. The molecule has 0 unspecified atom stereocenters. The molecule has 0 aliphatic heterocycles. The lowest BCUT2D eigenvalue weighted by atomic mass is 10.1. The minimum absolute atomic E-state index is 0.444. The largest absolute Gasteiger partial charge is 0.458 e. The van der Waals surface area contributed by atoms with Crippen molar-refractivity contribution in [3.05, 3.63) is 82.8 Å². The summed E-state index contributed by atoms with van der Waals surface area (Å²) in [5.41, 5.74) is 7.49. The fourth-order valence-electron chi connectivity index (χ4n) is 2.43. The highest BCUT2D eigenvalue weighted by atomic mass is 16.5. The molecule has 0 aliphatic rings. The zero-order valence-electron chi connectivity index (χ0n) is 13.5. The molecule has 1 heterocycles. The van der Waals surface area contributed by atoms with Crippen molar-refractivity contribution in [1.29, 1.82) is 0 Å². The average Bonchev–Trinajstić information content (AvgIpc) is 2.91. The van der Waals surface area contributed by atoms with Gasteiger partial charge >= 0.3 is 0 Å².